The molecule has 1 heterocycles. The van der Waals surface area contributed by atoms with Crippen molar-refractivity contribution >= 4 is 22.8 Å². The van der Waals surface area contributed by atoms with Crippen LogP contribution < -0.4 is 16.0 Å². The van der Waals surface area contributed by atoms with Gasteiger partial charge >= 0.3 is 0 Å². The molecule has 1 unspecified atom stereocenters. The van der Waals surface area contributed by atoms with Crippen molar-refractivity contribution in [2.75, 3.05) is 42.3 Å². The zero-order valence-electron chi connectivity index (χ0n) is 15.4. The van der Waals surface area contributed by atoms with Gasteiger partial charge in [-0.05, 0) is 42.2 Å². The molecule has 0 amide bonds. The van der Waals surface area contributed by atoms with Crippen LogP contribution >= 0.6 is 0 Å². The summed E-state index contributed by atoms with van der Waals surface area (Å²) < 4.78 is 5.42. The van der Waals surface area contributed by atoms with Crippen LogP contribution in [0.2, 0.25) is 0 Å². The summed E-state index contributed by atoms with van der Waals surface area (Å²) in [7, 11) is 0. The van der Waals surface area contributed by atoms with Crippen LogP contribution in [0, 0.1) is 0 Å². The number of ketones is 1. The molecule has 5 heteroatoms. The van der Waals surface area contributed by atoms with Crippen molar-refractivity contribution in [1.29, 1.82) is 0 Å². The van der Waals surface area contributed by atoms with Gasteiger partial charge in [-0.2, -0.15) is 0 Å². The van der Waals surface area contributed by atoms with Gasteiger partial charge in [-0.25, -0.2) is 0 Å². The first-order valence-electron chi connectivity index (χ1n) is 9.46. The Morgan fingerprint density at radius 2 is 1.74 bits per heavy atom. The second-order valence-corrected chi connectivity index (χ2v) is 7.14. The fourth-order valence-corrected chi connectivity index (χ4v) is 3.78. The average Bonchev–Trinajstić information content (AvgIpc) is 2.70. The maximum absolute atomic E-state index is 12.3. The summed E-state index contributed by atoms with van der Waals surface area (Å²) in [6.45, 7) is 3.41. The molecule has 0 bridgehead atoms. The van der Waals surface area contributed by atoms with E-state index in [2.05, 4.69) is 34.5 Å². The highest BCUT2D eigenvalue weighted by Crippen LogP contribution is 2.33. The molecule has 0 saturated carbocycles. The Balaban J connectivity index is 1.47. The van der Waals surface area contributed by atoms with Crippen LogP contribution in [0.5, 0.6) is 0 Å². The number of anilines is 3. The molecular weight excluding hydrogens is 338 g/mol. The molecule has 1 atom stereocenters. The molecule has 5 nitrogen and oxygen atoms in total. The molecule has 1 aliphatic heterocycles. The molecule has 0 aromatic heterocycles. The lowest BCUT2D eigenvalue weighted by Gasteiger charge is -2.29. The number of benzene rings is 2. The van der Waals surface area contributed by atoms with E-state index in [-0.39, 0.29) is 11.7 Å². The Bertz CT molecular complexity index is 839. The summed E-state index contributed by atoms with van der Waals surface area (Å²) in [5, 5.41) is 3.34. The van der Waals surface area contributed by atoms with E-state index in [4.69, 9.17) is 10.5 Å². The molecule has 1 aliphatic carbocycles. The van der Waals surface area contributed by atoms with Crippen LogP contribution in [-0.2, 0) is 9.53 Å². The van der Waals surface area contributed by atoms with E-state index >= 15 is 0 Å². The number of carbonyl (C=O) groups is 1. The molecule has 2 aliphatic rings. The summed E-state index contributed by atoms with van der Waals surface area (Å²) in [5.41, 5.74) is 10.9. The number of morpholine rings is 1. The minimum absolute atomic E-state index is 0.153. The van der Waals surface area contributed by atoms with Gasteiger partial charge in [0.2, 0.25) is 0 Å². The summed E-state index contributed by atoms with van der Waals surface area (Å²) >= 11 is 0. The number of para-hydroxylation sites is 2. The summed E-state index contributed by atoms with van der Waals surface area (Å²) in [4.78, 5) is 14.6. The van der Waals surface area contributed by atoms with E-state index < -0.39 is 0 Å². The lowest BCUT2D eigenvalue weighted by atomic mass is 9.85. The number of hydrogen-bond acceptors (Lipinski definition) is 5. The number of nitrogens with two attached hydrogens (primary N) is 1. The number of nitrogens with zero attached hydrogens (tertiary/aromatic N) is 1. The molecule has 140 valence electrons. The third-order valence-corrected chi connectivity index (χ3v) is 5.25. The molecule has 0 radical (unpaired) electrons. The highest BCUT2D eigenvalue weighted by Gasteiger charge is 2.23. The fourth-order valence-electron chi connectivity index (χ4n) is 3.78. The smallest absolute Gasteiger partial charge is 0.158 e. The maximum atomic E-state index is 12.3. The van der Waals surface area contributed by atoms with Crippen molar-refractivity contribution in [3.8, 4) is 0 Å². The van der Waals surface area contributed by atoms with E-state index in [0.717, 1.165) is 44.1 Å². The van der Waals surface area contributed by atoms with Gasteiger partial charge in [0.25, 0.3) is 0 Å². The number of nitrogens with one attached hydrogen (secondary N) is 1. The molecular formula is C22H25N3O2. The summed E-state index contributed by atoms with van der Waals surface area (Å²) in [6.07, 6.45) is 3.06. The van der Waals surface area contributed by atoms with Crippen molar-refractivity contribution in [2.24, 2.45) is 0 Å². The number of carbonyl (C=O) groups excluding carboxylic acids is 1. The van der Waals surface area contributed by atoms with Gasteiger partial charge in [0.1, 0.15) is 0 Å². The number of allylic oxidation sites excluding steroid dienone is 2. The first-order chi connectivity index (χ1) is 13.2. The summed E-state index contributed by atoms with van der Waals surface area (Å²) in [5.74, 6) is 0.342. The lowest BCUT2D eigenvalue weighted by Crippen LogP contribution is -2.36. The predicted molar refractivity (Wildman–Crippen MR) is 109 cm³/mol. The van der Waals surface area contributed by atoms with Crippen LogP contribution in [-0.4, -0.2) is 32.1 Å². The Hall–Kier alpha value is -2.79. The SMILES string of the molecule is Nc1ccccc1NC1=CC(=O)CC(c2ccc(N3CCOCC3)cc2)C1. The molecule has 27 heavy (non-hydrogen) atoms. The number of rotatable bonds is 4. The van der Waals surface area contributed by atoms with Crippen LogP contribution in [0.1, 0.15) is 24.3 Å². The number of hydrogen-bond donors (Lipinski definition) is 2. The standard InChI is InChI=1S/C22H25N3O2/c23-21-3-1-2-4-22(21)24-18-13-17(14-20(26)15-18)16-5-7-19(8-6-16)25-9-11-27-12-10-25/h1-8,15,17,24H,9-14,23H2. The van der Waals surface area contributed by atoms with Gasteiger partial charge in [0, 0.05) is 37.0 Å². The van der Waals surface area contributed by atoms with E-state index in [9.17, 15) is 4.79 Å². The minimum Gasteiger partial charge on any atom is -0.397 e. The van der Waals surface area contributed by atoms with Crippen LogP contribution in [0.3, 0.4) is 0 Å². The second kappa shape index (κ2) is 7.84. The fraction of sp³-hybridized carbons (Fsp3) is 0.318. The van der Waals surface area contributed by atoms with Crippen molar-refractivity contribution < 1.29 is 9.53 Å². The molecule has 3 N–H and O–H groups in total. The van der Waals surface area contributed by atoms with Crippen molar-refractivity contribution in [3.05, 3.63) is 65.9 Å². The predicted octanol–water partition coefficient (Wildman–Crippen LogP) is 3.55. The van der Waals surface area contributed by atoms with E-state index in [0.29, 0.717) is 12.1 Å². The van der Waals surface area contributed by atoms with Crippen molar-refractivity contribution in [2.45, 2.75) is 18.8 Å². The van der Waals surface area contributed by atoms with Gasteiger partial charge in [0.15, 0.2) is 5.78 Å². The topological polar surface area (TPSA) is 67.6 Å². The third kappa shape index (κ3) is 4.14. The van der Waals surface area contributed by atoms with E-state index in [1.165, 1.54) is 11.3 Å². The van der Waals surface area contributed by atoms with Crippen LogP contribution in [0.15, 0.2) is 60.3 Å². The molecule has 0 spiro atoms. The van der Waals surface area contributed by atoms with Gasteiger partial charge in [0.05, 0.1) is 24.6 Å². The molecule has 2 aromatic rings. The van der Waals surface area contributed by atoms with E-state index in [1.807, 2.05) is 24.3 Å². The van der Waals surface area contributed by atoms with Gasteiger partial charge in [-0.3, -0.25) is 4.79 Å². The first kappa shape index (κ1) is 17.6. The largest absolute Gasteiger partial charge is 0.397 e. The summed E-state index contributed by atoms with van der Waals surface area (Å²) in [6, 6.07) is 16.3. The zero-order valence-corrected chi connectivity index (χ0v) is 15.4. The highest BCUT2D eigenvalue weighted by atomic mass is 16.5. The Kier molecular flexibility index (Phi) is 5.12. The van der Waals surface area contributed by atoms with Gasteiger partial charge in [-0.1, -0.05) is 24.3 Å². The Labute approximate surface area is 159 Å². The molecule has 4 rings (SSSR count). The zero-order chi connectivity index (χ0) is 18.6. The maximum Gasteiger partial charge on any atom is 0.158 e. The monoisotopic (exact) mass is 363 g/mol. The minimum atomic E-state index is 0.153. The number of ether oxygens (including phenoxy) is 1. The first-order valence-corrected chi connectivity index (χ1v) is 9.46. The molecule has 1 saturated heterocycles. The van der Waals surface area contributed by atoms with Crippen molar-refractivity contribution in [1.82, 2.24) is 0 Å². The third-order valence-electron chi connectivity index (χ3n) is 5.25. The van der Waals surface area contributed by atoms with Crippen LogP contribution in [0.25, 0.3) is 0 Å². The highest BCUT2D eigenvalue weighted by molar-refractivity contribution is 5.92. The quantitative estimate of drug-likeness (QED) is 0.813. The lowest BCUT2D eigenvalue weighted by molar-refractivity contribution is -0.115. The Morgan fingerprint density at radius 1 is 1.00 bits per heavy atom. The Morgan fingerprint density at radius 3 is 2.48 bits per heavy atom. The average molecular weight is 363 g/mol. The molecule has 2 aromatic carbocycles. The van der Waals surface area contributed by atoms with Crippen LogP contribution in [0.4, 0.5) is 17.1 Å². The van der Waals surface area contributed by atoms with Gasteiger partial charge < -0.3 is 20.7 Å². The normalized spacial score (nSPS) is 20.3. The second-order valence-electron chi connectivity index (χ2n) is 7.14. The number of nitrogen functional groups attached to an aromatic ring is 1. The van der Waals surface area contributed by atoms with Crippen molar-refractivity contribution in [3.63, 3.8) is 0 Å². The van der Waals surface area contributed by atoms with E-state index in [1.54, 1.807) is 6.08 Å². The van der Waals surface area contributed by atoms with Gasteiger partial charge in [-0.15, -0.1) is 0 Å². The molecule has 1 fully saturated rings.